The van der Waals surface area contributed by atoms with Crippen molar-refractivity contribution in [3.05, 3.63) is 46.5 Å². The van der Waals surface area contributed by atoms with Gasteiger partial charge in [0.05, 0.1) is 19.2 Å². The van der Waals surface area contributed by atoms with Crippen molar-refractivity contribution in [2.45, 2.75) is 89.1 Å². The molecule has 1 saturated heterocycles. The van der Waals surface area contributed by atoms with Crippen LogP contribution in [0, 0.1) is 11.3 Å². The molecule has 1 aliphatic carbocycles. The van der Waals surface area contributed by atoms with E-state index in [9.17, 15) is 24.6 Å². The van der Waals surface area contributed by atoms with Gasteiger partial charge < -0.3 is 39.4 Å². The number of hydrogen-bond acceptors (Lipinski definition) is 10. The van der Waals surface area contributed by atoms with Crippen molar-refractivity contribution in [3.63, 3.8) is 0 Å². The summed E-state index contributed by atoms with van der Waals surface area (Å²) in [5.74, 6) is -1.31. The summed E-state index contributed by atoms with van der Waals surface area (Å²) in [5, 5.41) is 29.3. The third-order valence-corrected chi connectivity index (χ3v) is 10.1. The van der Waals surface area contributed by atoms with Gasteiger partial charge in [0.15, 0.2) is 5.72 Å². The lowest BCUT2D eigenvalue weighted by molar-refractivity contribution is -0.174. The maximum Gasteiger partial charge on any atom is 0.409 e. The molecule has 8 unspecified atom stereocenters. The van der Waals surface area contributed by atoms with Crippen LogP contribution >= 0.6 is 11.6 Å². The third-order valence-electron chi connectivity index (χ3n) is 9.75. The fourth-order valence-corrected chi connectivity index (χ4v) is 6.84. The zero-order valence-corrected chi connectivity index (χ0v) is 28.4. The summed E-state index contributed by atoms with van der Waals surface area (Å²) < 4.78 is 22.7. The highest BCUT2D eigenvalue weighted by Gasteiger charge is 2.68. The van der Waals surface area contributed by atoms with Gasteiger partial charge in [0.2, 0.25) is 5.91 Å². The Morgan fingerprint density at radius 3 is 2.54 bits per heavy atom. The molecule has 3 aliphatic rings. The summed E-state index contributed by atoms with van der Waals surface area (Å²) in [4.78, 5) is 41.1. The molecule has 2 fully saturated rings. The number of carbonyl (C=O) groups excluding carboxylic acids is 3. The van der Waals surface area contributed by atoms with Crippen molar-refractivity contribution < 1.29 is 43.5 Å². The summed E-state index contributed by atoms with van der Waals surface area (Å²) in [6.07, 6.45) is 1.82. The summed E-state index contributed by atoms with van der Waals surface area (Å²) in [6.45, 7) is 6.89. The number of halogens is 1. The number of benzene rings is 1. The van der Waals surface area contributed by atoms with Gasteiger partial charge in [-0.2, -0.15) is 0 Å². The number of anilines is 1. The van der Waals surface area contributed by atoms with Crippen molar-refractivity contribution in [3.8, 4) is 5.75 Å². The highest BCUT2D eigenvalue weighted by Crippen LogP contribution is 2.63. The second-order valence-electron chi connectivity index (χ2n) is 13.1. The number of esters is 1. The Morgan fingerprint density at radius 1 is 1.22 bits per heavy atom. The number of aliphatic hydroxyl groups is 2. The van der Waals surface area contributed by atoms with E-state index in [0.29, 0.717) is 24.3 Å². The molecule has 4 bridgehead atoms. The molecule has 2 aliphatic heterocycles. The topological polar surface area (TPSA) is 156 Å². The minimum absolute atomic E-state index is 0.0413. The molecule has 8 atom stereocenters. The number of hydrogen-bond donors (Lipinski definition) is 4. The predicted octanol–water partition coefficient (Wildman–Crippen LogP) is 3.26. The molecular formula is C33H46ClN3O9. The normalized spacial score (nSPS) is 35.9. The first-order chi connectivity index (χ1) is 21.5. The number of ether oxygens (including phenoxy) is 4. The molecule has 1 saturated carbocycles. The predicted molar refractivity (Wildman–Crippen MR) is 172 cm³/mol. The maximum atomic E-state index is 13.9. The molecule has 0 radical (unpaired) electrons. The largest absolute Gasteiger partial charge is 0.495 e. The number of alkyl carbamates (subject to hydrolysis) is 1. The fraction of sp³-hybridized carbons (Fsp3) is 0.606. The molecule has 4 rings (SSSR count). The number of nitrogens with one attached hydrogen (secondary N) is 2. The Hall–Kier alpha value is -3.16. The Morgan fingerprint density at radius 2 is 1.91 bits per heavy atom. The van der Waals surface area contributed by atoms with E-state index in [1.165, 1.54) is 26.0 Å². The lowest BCUT2D eigenvalue weighted by atomic mass is 9.81. The SMILES string of the molecule is CNC(C)C(=O)OC1CC(=O)N(C)c2cc(cc(OC)c2Cl)C/C(C)=C/C=C/C(OC)C2(O)CC(OC(=O)N2)C2(C)CC2C1(C)O. The minimum Gasteiger partial charge on any atom is -0.495 e. The van der Waals surface area contributed by atoms with E-state index in [2.05, 4.69) is 10.6 Å². The van der Waals surface area contributed by atoms with Gasteiger partial charge in [0.1, 0.15) is 40.7 Å². The molecule has 0 spiro atoms. The zero-order chi connectivity index (χ0) is 34.2. The number of likely N-dealkylation sites (N-methyl/N-ethyl adjacent to an activating group) is 1. The second-order valence-corrected chi connectivity index (χ2v) is 13.5. The van der Waals surface area contributed by atoms with Crippen LogP contribution in [-0.2, 0) is 30.2 Å². The monoisotopic (exact) mass is 663 g/mol. The zero-order valence-electron chi connectivity index (χ0n) is 27.7. The van der Waals surface area contributed by atoms with Crippen LogP contribution in [-0.4, -0.2) is 92.2 Å². The Labute approximate surface area is 275 Å². The molecule has 2 heterocycles. The minimum atomic E-state index is -1.82. The molecule has 1 aromatic rings. The van der Waals surface area contributed by atoms with E-state index in [4.69, 9.17) is 30.5 Å². The molecule has 0 aromatic heterocycles. The van der Waals surface area contributed by atoms with Crippen LogP contribution in [0.5, 0.6) is 5.75 Å². The van der Waals surface area contributed by atoms with Crippen molar-refractivity contribution in [2.75, 3.05) is 33.2 Å². The van der Waals surface area contributed by atoms with Gasteiger partial charge in [-0.25, -0.2) is 4.79 Å². The number of carbonyl (C=O) groups is 3. The molecule has 46 heavy (non-hydrogen) atoms. The number of allylic oxidation sites excluding steroid dienone is 3. The van der Waals surface area contributed by atoms with E-state index in [1.54, 1.807) is 45.3 Å². The number of amides is 2. The molecule has 2 amide bonds. The fourth-order valence-electron chi connectivity index (χ4n) is 6.53. The highest BCUT2D eigenvalue weighted by molar-refractivity contribution is 6.35. The first-order valence-corrected chi connectivity index (χ1v) is 15.7. The molecule has 13 heteroatoms. The molecular weight excluding hydrogens is 618 g/mol. The van der Waals surface area contributed by atoms with Crippen LogP contribution in [0.15, 0.2) is 35.9 Å². The highest BCUT2D eigenvalue weighted by atomic mass is 35.5. The number of fused-ring (bicyclic) bond motifs is 6. The summed E-state index contributed by atoms with van der Waals surface area (Å²) >= 11 is 6.69. The van der Waals surface area contributed by atoms with Gasteiger partial charge in [0, 0.05) is 31.9 Å². The summed E-state index contributed by atoms with van der Waals surface area (Å²) in [5.41, 5.74) is -2.25. The molecule has 4 N–H and O–H groups in total. The number of methoxy groups -OCH3 is 2. The van der Waals surface area contributed by atoms with Crippen LogP contribution in [0.3, 0.4) is 0 Å². The van der Waals surface area contributed by atoms with Crippen molar-refractivity contribution in [1.82, 2.24) is 10.6 Å². The van der Waals surface area contributed by atoms with Gasteiger partial charge in [-0.3, -0.25) is 14.9 Å². The van der Waals surface area contributed by atoms with E-state index >= 15 is 0 Å². The summed E-state index contributed by atoms with van der Waals surface area (Å²) in [6, 6.07) is 2.86. The maximum absolute atomic E-state index is 13.9. The van der Waals surface area contributed by atoms with E-state index < -0.39 is 65.0 Å². The van der Waals surface area contributed by atoms with Crippen LogP contribution in [0.2, 0.25) is 5.02 Å². The van der Waals surface area contributed by atoms with Crippen LogP contribution in [0.4, 0.5) is 10.5 Å². The number of rotatable bonds is 5. The lowest BCUT2D eigenvalue weighted by Gasteiger charge is -2.43. The van der Waals surface area contributed by atoms with Crippen molar-refractivity contribution >= 4 is 35.3 Å². The average Bonchev–Trinajstić information content (AvgIpc) is 3.71. The second kappa shape index (κ2) is 13.5. The Bertz CT molecular complexity index is 1410. The van der Waals surface area contributed by atoms with Crippen LogP contribution in [0.1, 0.15) is 52.5 Å². The molecule has 1 aromatic carbocycles. The third kappa shape index (κ3) is 7.06. The standard InChI is InChI=1S/C33H46ClN3O9/c1-18-10-9-11-24(44-8)33(42)17-26(46-30(40)36-33)31(3)16-23(31)32(4,41)25(45-29(39)19(2)35-5)15-27(38)37(6)21-13-20(12-18)14-22(43-7)28(21)34/h9-11,13-14,19,23-26,35,41-42H,12,15-17H2,1-8H3,(H,36,40)/b11-9+,18-10+. The van der Waals surface area contributed by atoms with Gasteiger partial charge >= 0.3 is 12.1 Å². The first kappa shape index (κ1) is 35.7. The van der Waals surface area contributed by atoms with Gasteiger partial charge in [-0.1, -0.05) is 42.3 Å². The average molecular weight is 664 g/mol. The van der Waals surface area contributed by atoms with Gasteiger partial charge in [0.25, 0.3) is 0 Å². The first-order valence-electron chi connectivity index (χ1n) is 15.3. The van der Waals surface area contributed by atoms with Crippen molar-refractivity contribution in [2.24, 2.45) is 11.3 Å². The summed E-state index contributed by atoms with van der Waals surface area (Å²) in [7, 11) is 6.08. The van der Waals surface area contributed by atoms with Crippen LogP contribution in [0.25, 0.3) is 0 Å². The quantitative estimate of drug-likeness (QED) is 0.345. The van der Waals surface area contributed by atoms with E-state index in [-0.39, 0.29) is 17.9 Å². The van der Waals surface area contributed by atoms with E-state index in [1.807, 2.05) is 19.9 Å². The molecule has 12 nitrogen and oxygen atoms in total. The van der Waals surface area contributed by atoms with E-state index in [0.717, 1.165) is 11.1 Å². The van der Waals surface area contributed by atoms with Crippen molar-refractivity contribution in [1.29, 1.82) is 0 Å². The van der Waals surface area contributed by atoms with Crippen LogP contribution < -0.4 is 20.3 Å². The van der Waals surface area contributed by atoms with Gasteiger partial charge in [-0.15, -0.1) is 0 Å². The smallest absolute Gasteiger partial charge is 0.409 e. The lowest BCUT2D eigenvalue weighted by Crippen LogP contribution is -2.64. The van der Waals surface area contributed by atoms with Gasteiger partial charge in [-0.05, 0) is 58.4 Å². The molecule has 254 valence electrons. The number of nitrogens with zero attached hydrogens (tertiary/aromatic N) is 1. The Kier molecular flexibility index (Phi) is 10.5. The Balaban J connectivity index is 1.83.